The van der Waals surface area contributed by atoms with E-state index in [9.17, 15) is 18.0 Å². The van der Waals surface area contributed by atoms with E-state index in [1.165, 1.54) is 12.4 Å². The van der Waals surface area contributed by atoms with Gasteiger partial charge in [-0.15, -0.1) is 0 Å². The summed E-state index contributed by atoms with van der Waals surface area (Å²) >= 11 is 6.48. The quantitative estimate of drug-likeness (QED) is 0.173. The number of rotatable bonds is 11. The molecule has 0 radical (unpaired) electrons. The van der Waals surface area contributed by atoms with E-state index in [-0.39, 0.29) is 29.9 Å². The highest BCUT2D eigenvalue weighted by Crippen LogP contribution is 2.39. The molecule has 230 valence electrons. The Labute approximate surface area is 257 Å². The number of likely N-dealkylation sites (tertiary alicyclic amines) is 1. The molecule has 9 nitrogen and oxygen atoms in total. The molecule has 1 atom stereocenters. The molecule has 1 saturated heterocycles. The molecule has 0 bridgehead atoms. The summed E-state index contributed by atoms with van der Waals surface area (Å²) < 4.78 is 50.5. The minimum absolute atomic E-state index is 0.0102. The van der Waals surface area contributed by atoms with Crippen molar-refractivity contribution in [3.8, 4) is 11.5 Å². The number of benzene rings is 2. The predicted octanol–water partition coefficient (Wildman–Crippen LogP) is 6.92. The van der Waals surface area contributed by atoms with Gasteiger partial charge in [0, 0.05) is 24.0 Å². The maximum Gasteiger partial charge on any atom is 0.392 e. The molecule has 13 heteroatoms. The van der Waals surface area contributed by atoms with Crippen molar-refractivity contribution in [1.82, 2.24) is 19.9 Å². The zero-order chi connectivity index (χ0) is 31.1. The van der Waals surface area contributed by atoms with Crippen molar-refractivity contribution in [2.45, 2.75) is 38.1 Å². The number of fused-ring (bicyclic) bond motifs is 1. The van der Waals surface area contributed by atoms with Crippen molar-refractivity contribution < 1.29 is 27.4 Å². The molecule has 1 unspecified atom stereocenters. The van der Waals surface area contributed by atoms with E-state index >= 15 is 0 Å². The van der Waals surface area contributed by atoms with Crippen LogP contribution in [0.3, 0.4) is 0 Å². The average Bonchev–Trinajstić information content (AvgIpc) is 3.41. The highest BCUT2D eigenvalue weighted by atomic mass is 35.5. The van der Waals surface area contributed by atoms with Gasteiger partial charge in [0.05, 0.1) is 40.3 Å². The Morgan fingerprint density at radius 3 is 2.73 bits per heavy atom. The van der Waals surface area contributed by atoms with Gasteiger partial charge in [0.2, 0.25) is 5.91 Å². The maximum absolute atomic E-state index is 13.0. The molecule has 0 aliphatic carbocycles. The minimum Gasteiger partial charge on any atom is -0.490 e. The van der Waals surface area contributed by atoms with Crippen LogP contribution >= 0.6 is 11.6 Å². The molecule has 0 spiro atoms. The molecule has 1 amide bonds. The topological polar surface area (TPSA) is 102 Å². The molecule has 1 fully saturated rings. The molecular formula is C31H30ClF3N6O3. The van der Waals surface area contributed by atoms with E-state index in [1.54, 1.807) is 36.5 Å². The lowest BCUT2D eigenvalue weighted by Crippen LogP contribution is -2.23. The van der Waals surface area contributed by atoms with E-state index in [4.69, 9.17) is 21.1 Å². The van der Waals surface area contributed by atoms with Gasteiger partial charge in [0.25, 0.3) is 0 Å². The number of carbonyl (C=O) groups excluding carboxylic acids is 1. The second kappa shape index (κ2) is 13.9. The van der Waals surface area contributed by atoms with Crippen molar-refractivity contribution in [3.63, 3.8) is 0 Å². The van der Waals surface area contributed by atoms with Crippen molar-refractivity contribution in [1.29, 1.82) is 0 Å². The number of likely N-dealkylation sites (N-methyl/N-ethyl adjacent to an activating group) is 1. The van der Waals surface area contributed by atoms with E-state index in [1.807, 2.05) is 31.3 Å². The maximum atomic E-state index is 13.0. The van der Waals surface area contributed by atoms with E-state index < -0.39 is 25.1 Å². The smallest absolute Gasteiger partial charge is 0.392 e. The Morgan fingerprint density at radius 1 is 1.14 bits per heavy atom. The Bertz CT molecular complexity index is 1640. The van der Waals surface area contributed by atoms with E-state index in [0.717, 1.165) is 25.1 Å². The molecule has 2 aromatic carbocycles. The van der Waals surface area contributed by atoms with Crippen LogP contribution in [0.4, 0.5) is 30.4 Å². The van der Waals surface area contributed by atoms with Gasteiger partial charge in [-0.1, -0.05) is 23.7 Å². The second-order valence-electron chi connectivity index (χ2n) is 10.2. The Hall–Kier alpha value is -4.42. The fourth-order valence-electron chi connectivity index (χ4n) is 4.75. The SMILES string of the molecule is CN1CCCC1/C=C/C(=O)Nc1ccc2ncnc(Nc3ccc(OCc4ccccn4)c(Cl)c3)c2c1OCCC(F)(F)F. The number of pyridine rings is 1. The summed E-state index contributed by atoms with van der Waals surface area (Å²) in [5.74, 6) is 0.253. The Morgan fingerprint density at radius 2 is 2.00 bits per heavy atom. The number of aromatic nitrogens is 3. The highest BCUT2D eigenvalue weighted by molar-refractivity contribution is 6.32. The minimum atomic E-state index is -4.43. The van der Waals surface area contributed by atoms with E-state index in [0.29, 0.717) is 27.4 Å². The lowest BCUT2D eigenvalue weighted by molar-refractivity contribution is -0.139. The van der Waals surface area contributed by atoms with Crippen LogP contribution < -0.4 is 20.1 Å². The zero-order valence-electron chi connectivity index (χ0n) is 23.8. The number of amides is 1. The number of nitrogens with zero attached hydrogens (tertiary/aromatic N) is 4. The van der Waals surface area contributed by atoms with Crippen LogP contribution in [0.1, 0.15) is 25.0 Å². The Kier molecular flexibility index (Phi) is 9.81. The number of halogens is 4. The third kappa shape index (κ3) is 8.14. The standard InChI is InChI=1S/C31H30ClF3N6O3/c1-41-15-4-6-22(41)8-12-27(42)40-25-10-9-24-28(29(25)43-16-13-31(33,34)35)30(38-19-37-24)39-20-7-11-26(23(32)17-20)44-18-21-5-2-3-14-36-21/h2-3,5,7-12,14,17,19,22H,4,6,13,15-16,18H2,1H3,(H,40,42)(H,37,38,39)/b12-8+. The molecule has 1 aliphatic rings. The van der Waals surface area contributed by atoms with Crippen LogP contribution in [0.2, 0.25) is 5.02 Å². The molecule has 2 N–H and O–H groups in total. The van der Waals surface area contributed by atoms with Gasteiger partial charge in [-0.05, 0) is 68.9 Å². The molecular weight excluding hydrogens is 597 g/mol. The first-order valence-corrected chi connectivity index (χ1v) is 14.3. The number of carbonyl (C=O) groups is 1. The van der Waals surface area contributed by atoms with Crippen molar-refractivity contribution in [2.75, 3.05) is 30.8 Å². The summed E-state index contributed by atoms with van der Waals surface area (Å²) in [6.45, 7) is 0.501. The number of ether oxygens (including phenoxy) is 2. The summed E-state index contributed by atoms with van der Waals surface area (Å²) in [5, 5.41) is 6.50. The fraction of sp³-hybridized carbons (Fsp3) is 0.290. The summed E-state index contributed by atoms with van der Waals surface area (Å²) in [7, 11) is 1.99. The van der Waals surface area contributed by atoms with Gasteiger partial charge in [0.1, 0.15) is 24.5 Å². The lowest BCUT2D eigenvalue weighted by Gasteiger charge is -2.18. The van der Waals surface area contributed by atoms with Crippen LogP contribution in [0.15, 0.2) is 73.2 Å². The fourth-order valence-corrected chi connectivity index (χ4v) is 4.99. The normalized spacial score (nSPS) is 15.5. The summed E-state index contributed by atoms with van der Waals surface area (Å²) in [5.41, 5.74) is 1.84. The van der Waals surface area contributed by atoms with Crippen LogP contribution in [0, 0.1) is 0 Å². The highest BCUT2D eigenvalue weighted by Gasteiger charge is 2.28. The van der Waals surface area contributed by atoms with E-state index in [2.05, 4.69) is 30.5 Å². The number of anilines is 3. The third-order valence-corrected chi connectivity index (χ3v) is 7.28. The molecule has 2 aromatic heterocycles. The van der Waals surface area contributed by atoms with Crippen LogP contribution in [0.5, 0.6) is 11.5 Å². The van der Waals surface area contributed by atoms with Crippen molar-refractivity contribution >= 4 is 45.6 Å². The average molecular weight is 627 g/mol. The molecule has 0 saturated carbocycles. The number of alkyl halides is 3. The van der Waals surface area contributed by atoms with Gasteiger partial charge >= 0.3 is 6.18 Å². The molecule has 5 rings (SSSR count). The van der Waals surface area contributed by atoms with Gasteiger partial charge in [-0.25, -0.2) is 9.97 Å². The van der Waals surface area contributed by atoms with Crippen LogP contribution in [0.25, 0.3) is 10.9 Å². The molecule has 1 aliphatic heterocycles. The summed E-state index contributed by atoms with van der Waals surface area (Å²) in [6, 6.07) is 13.8. The zero-order valence-corrected chi connectivity index (χ0v) is 24.5. The van der Waals surface area contributed by atoms with Gasteiger partial charge in [-0.2, -0.15) is 13.2 Å². The number of hydrogen-bond acceptors (Lipinski definition) is 8. The van der Waals surface area contributed by atoms with Crippen LogP contribution in [-0.2, 0) is 11.4 Å². The first kappa shape index (κ1) is 31.0. The van der Waals surface area contributed by atoms with Crippen LogP contribution in [-0.4, -0.2) is 58.2 Å². The van der Waals surface area contributed by atoms with Gasteiger partial charge < -0.3 is 20.1 Å². The largest absolute Gasteiger partial charge is 0.490 e. The Balaban J connectivity index is 1.41. The summed E-state index contributed by atoms with van der Waals surface area (Å²) in [6.07, 6.45) is 2.59. The number of hydrogen-bond donors (Lipinski definition) is 2. The third-order valence-electron chi connectivity index (χ3n) is 6.99. The number of nitrogens with one attached hydrogen (secondary N) is 2. The molecule has 4 aromatic rings. The first-order chi connectivity index (χ1) is 21.2. The first-order valence-electron chi connectivity index (χ1n) is 13.9. The van der Waals surface area contributed by atoms with Crippen molar-refractivity contribution in [3.05, 3.63) is 83.9 Å². The summed E-state index contributed by atoms with van der Waals surface area (Å²) in [4.78, 5) is 27.8. The van der Waals surface area contributed by atoms with Gasteiger partial charge in [-0.3, -0.25) is 14.7 Å². The predicted molar refractivity (Wildman–Crippen MR) is 162 cm³/mol. The molecule has 3 heterocycles. The van der Waals surface area contributed by atoms with Gasteiger partial charge in [0.15, 0.2) is 5.75 Å². The monoisotopic (exact) mass is 626 g/mol. The molecule has 44 heavy (non-hydrogen) atoms. The van der Waals surface area contributed by atoms with Crippen molar-refractivity contribution in [2.24, 2.45) is 0 Å². The lowest BCUT2D eigenvalue weighted by atomic mass is 10.1. The second-order valence-corrected chi connectivity index (χ2v) is 10.6.